The maximum absolute atomic E-state index is 13.6. The molecule has 1 heterocycles. The van der Waals surface area contributed by atoms with Crippen LogP contribution >= 0.6 is 11.6 Å². The monoisotopic (exact) mass is 321 g/mol. The third-order valence-corrected chi connectivity index (χ3v) is 3.88. The Morgan fingerprint density at radius 2 is 1.95 bits per heavy atom. The Labute approximate surface area is 131 Å². The number of hydrogen-bond donors (Lipinski definition) is 0. The van der Waals surface area contributed by atoms with E-state index in [-0.39, 0.29) is 11.6 Å². The molecular weight excluding hydrogens is 308 g/mol. The van der Waals surface area contributed by atoms with E-state index < -0.39 is 11.6 Å². The van der Waals surface area contributed by atoms with Gasteiger partial charge in [0.25, 0.3) is 0 Å². The molecule has 0 amide bonds. The summed E-state index contributed by atoms with van der Waals surface area (Å²) in [6.07, 6.45) is 5.85. The van der Waals surface area contributed by atoms with Crippen LogP contribution in [0.1, 0.15) is 25.7 Å². The highest BCUT2D eigenvalue weighted by Gasteiger charge is 2.08. The number of halogens is 3. The van der Waals surface area contributed by atoms with Crippen LogP contribution in [0.25, 0.3) is 11.1 Å². The Bertz CT molecular complexity index is 820. The van der Waals surface area contributed by atoms with Gasteiger partial charge in [-0.25, -0.2) is 13.8 Å². The third-order valence-electron chi connectivity index (χ3n) is 3.49. The number of hydrogen-bond acceptors (Lipinski definition) is 2. The first-order valence-electron chi connectivity index (χ1n) is 7.12. The Kier molecular flexibility index (Phi) is 4.39. The zero-order valence-electron chi connectivity index (χ0n) is 11.8. The van der Waals surface area contributed by atoms with Crippen LogP contribution < -0.4 is 15.3 Å². The Morgan fingerprint density at radius 1 is 1.09 bits per heavy atom. The van der Waals surface area contributed by atoms with Gasteiger partial charge in [-0.2, -0.15) is 0 Å². The molecule has 1 aromatic carbocycles. The van der Waals surface area contributed by atoms with Crippen molar-refractivity contribution in [3.05, 3.63) is 52.5 Å². The van der Waals surface area contributed by atoms with Gasteiger partial charge in [-0.05, 0) is 43.9 Å². The van der Waals surface area contributed by atoms with Crippen LogP contribution in [0.2, 0.25) is 0 Å². The number of aromatic nitrogens is 1. The lowest BCUT2D eigenvalue weighted by Crippen LogP contribution is -2.30. The van der Waals surface area contributed by atoms with Gasteiger partial charge < -0.3 is 4.74 Å². The zero-order chi connectivity index (χ0) is 15.5. The standard InChI is InChI=1S/C17H14ClF2NO/c18-13-4-2-1-3-5-15-12(13)7-9-17(21-15)22-16-8-6-11(19)10-14(16)20/h5-10H,1-4H2. The molecule has 2 aromatic rings. The zero-order valence-corrected chi connectivity index (χ0v) is 12.5. The third kappa shape index (κ3) is 3.28. The molecule has 0 spiro atoms. The number of ether oxygens (including phenoxy) is 1. The highest BCUT2D eigenvalue weighted by molar-refractivity contribution is 6.45. The van der Waals surface area contributed by atoms with Crippen LogP contribution in [0.15, 0.2) is 30.3 Å². The summed E-state index contributed by atoms with van der Waals surface area (Å²) >= 11 is 6.29. The van der Waals surface area contributed by atoms with Crippen molar-refractivity contribution in [3.63, 3.8) is 0 Å². The number of benzene rings is 1. The van der Waals surface area contributed by atoms with Crippen molar-refractivity contribution >= 4 is 22.7 Å². The second-order valence-electron chi connectivity index (χ2n) is 5.11. The Balaban J connectivity index is 2.00. The molecular formula is C17H14ClF2NO. The molecule has 0 radical (unpaired) electrons. The topological polar surface area (TPSA) is 22.1 Å². The van der Waals surface area contributed by atoms with Gasteiger partial charge in [0.05, 0.1) is 5.35 Å². The SMILES string of the molecule is Fc1ccc(Oc2ccc3c(n2)=CCCCCC=3Cl)c(F)c1. The molecule has 1 aliphatic rings. The summed E-state index contributed by atoms with van der Waals surface area (Å²) in [4.78, 5) is 4.38. The van der Waals surface area contributed by atoms with Crippen LogP contribution in [0, 0.1) is 11.6 Å². The van der Waals surface area contributed by atoms with Gasteiger partial charge in [0.1, 0.15) is 5.82 Å². The summed E-state index contributed by atoms with van der Waals surface area (Å²) in [5.74, 6) is -1.21. The van der Waals surface area contributed by atoms with Gasteiger partial charge in [-0.1, -0.05) is 17.7 Å². The van der Waals surface area contributed by atoms with Gasteiger partial charge in [-0.15, -0.1) is 0 Å². The van der Waals surface area contributed by atoms with Crippen LogP contribution in [0.4, 0.5) is 8.78 Å². The average molecular weight is 322 g/mol. The predicted molar refractivity (Wildman–Crippen MR) is 82.1 cm³/mol. The summed E-state index contributed by atoms with van der Waals surface area (Å²) in [6, 6.07) is 6.62. The molecule has 5 heteroatoms. The first-order chi connectivity index (χ1) is 10.6. The normalized spacial score (nSPS) is 14.6. The highest BCUT2D eigenvalue weighted by atomic mass is 35.5. The van der Waals surface area contributed by atoms with E-state index in [1.54, 1.807) is 6.07 Å². The van der Waals surface area contributed by atoms with Crippen molar-refractivity contribution in [3.8, 4) is 11.6 Å². The first kappa shape index (κ1) is 15.0. The van der Waals surface area contributed by atoms with E-state index in [9.17, 15) is 8.78 Å². The molecule has 1 aliphatic carbocycles. The summed E-state index contributed by atoms with van der Waals surface area (Å²) in [5, 5.41) is 2.40. The fourth-order valence-electron chi connectivity index (χ4n) is 2.37. The molecule has 0 atom stereocenters. The highest BCUT2D eigenvalue weighted by Crippen LogP contribution is 2.22. The van der Waals surface area contributed by atoms with E-state index in [4.69, 9.17) is 16.3 Å². The minimum Gasteiger partial charge on any atom is -0.436 e. The smallest absolute Gasteiger partial charge is 0.219 e. The summed E-state index contributed by atoms with van der Waals surface area (Å²) in [6.45, 7) is 0. The number of pyridine rings is 1. The van der Waals surface area contributed by atoms with E-state index in [1.165, 1.54) is 6.07 Å². The molecule has 0 fully saturated rings. The quantitative estimate of drug-likeness (QED) is 0.838. The lowest BCUT2D eigenvalue weighted by molar-refractivity contribution is 0.422. The van der Waals surface area contributed by atoms with E-state index in [0.29, 0.717) is 0 Å². The van der Waals surface area contributed by atoms with Crippen LogP contribution in [0.5, 0.6) is 11.6 Å². The van der Waals surface area contributed by atoms with Gasteiger partial charge in [0, 0.05) is 22.4 Å². The molecule has 0 N–H and O–H groups in total. The molecule has 22 heavy (non-hydrogen) atoms. The summed E-state index contributed by atoms with van der Waals surface area (Å²) in [5.41, 5.74) is 0. The maximum Gasteiger partial charge on any atom is 0.219 e. The molecule has 2 nitrogen and oxygen atoms in total. The largest absolute Gasteiger partial charge is 0.436 e. The molecule has 1 aromatic heterocycles. The molecule has 0 bridgehead atoms. The fourth-order valence-corrected chi connectivity index (χ4v) is 2.66. The molecule has 0 unspecified atom stereocenters. The van der Waals surface area contributed by atoms with Crippen molar-refractivity contribution in [2.24, 2.45) is 0 Å². The fraction of sp³-hybridized carbons (Fsp3) is 0.235. The van der Waals surface area contributed by atoms with Crippen molar-refractivity contribution in [2.75, 3.05) is 0 Å². The minimum atomic E-state index is -0.762. The van der Waals surface area contributed by atoms with Crippen LogP contribution in [0.3, 0.4) is 0 Å². The molecule has 0 aliphatic heterocycles. The minimum absolute atomic E-state index is 0.0604. The average Bonchev–Trinajstić information content (AvgIpc) is 2.48. The number of nitrogens with zero attached hydrogens (tertiary/aromatic N) is 1. The lowest BCUT2D eigenvalue weighted by atomic mass is 10.1. The Hall–Kier alpha value is -1.94. The van der Waals surface area contributed by atoms with Gasteiger partial charge in [0.15, 0.2) is 11.6 Å². The van der Waals surface area contributed by atoms with Crippen molar-refractivity contribution < 1.29 is 13.5 Å². The first-order valence-corrected chi connectivity index (χ1v) is 7.50. The van der Waals surface area contributed by atoms with Gasteiger partial charge in [0.2, 0.25) is 5.88 Å². The van der Waals surface area contributed by atoms with Crippen LogP contribution in [-0.4, -0.2) is 4.98 Å². The number of rotatable bonds is 2. The second kappa shape index (κ2) is 6.44. The lowest BCUT2D eigenvalue weighted by Gasteiger charge is -2.08. The summed E-state index contributed by atoms with van der Waals surface area (Å²) in [7, 11) is 0. The maximum atomic E-state index is 13.6. The predicted octanol–water partition coefficient (Wildman–Crippen LogP) is 3.85. The summed E-state index contributed by atoms with van der Waals surface area (Å²) < 4.78 is 31.9. The van der Waals surface area contributed by atoms with Gasteiger partial charge in [-0.3, -0.25) is 0 Å². The van der Waals surface area contributed by atoms with Crippen molar-refractivity contribution in [2.45, 2.75) is 25.7 Å². The van der Waals surface area contributed by atoms with Gasteiger partial charge >= 0.3 is 0 Å². The van der Waals surface area contributed by atoms with E-state index in [2.05, 4.69) is 4.98 Å². The second-order valence-corrected chi connectivity index (χ2v) is 5.57. The van der Waals surface area contributed by atoms with Crippen molar-refractivity contribution in [1.29, 1.82) is 0 Å². The molecule has 0 saturated heterocycles. The Morgan fingerprint density at radius 3 is 2.77 bits per heavy atom. The van der Waals surface area contributed by atoms with E-state index >= 15 is 0 Å². The number of fused-ring (bicyclic) bond motifs is 1. The van der Waals surface area contributed by atoms with Crippen molar-refractivity contribution in [1.82, 2.24) is 4.98 Å². The van der Waals surface area contributed by atoms with Crippen LogP contribution in [-0.2, 0) is 0 Å². The van der Waals surface area contributed by atoms with E-state index in [1.807, 2.05) is 12.1 Å². The molecule has 3 rings (SSSR count). The molecule has 0 saturated carbocycles. The van der Waals surface area contributed by atoms with E-state index in [0.717, 1.165) is 53.4 Å². The molecule has 114 valence electrons.